The summed E-state index contributed by atoms with van der Waals surface area (Å²) in [4.78, 5) is 27.7. The number of hydrogen-bond acceptors (Lipinski definition) is 9. The van der Waals surface area contributed by atoms with E-state index in [-0.39, 0.29) is 11.6 Å². The minimum atomic E-state index is -0.315. The van der Waals surface area contributed by atoms with Crippen LogP contribution >= 0.6 is 11.6 Å². The smallest absolute Gasteiger partial charge is 0.328 e. The molecule has 0 saturated heterocycles. The first-order valence-electron chi connectivity index (χ1n) is 13.0. The predicted molar refractivity (Wildman–Crippen MR) is 157 cm³/mol. The zero-order valence-corrected chi connectivity index (χ0v) is 23.7. The molecule has 5 heterocycles. The number of aromatic nitrogens is 7. The maximum atomic E-state index is 12.7. The van der Waals surface area contributed by atoms with Crippen molar-refractivity contribution in [2.75, 3.05) is 24.3 Å². The summed E-state index contributed by atoms with van der Waals surface area (Å²) in [5, 5.41) is 22.7. The van der Waals surface area contributed by atoms with E-state index >= 15 is 0 Å². The van der Waals surface area contributed by atoms with Crippen LogP contribution in [0, 0.1) is 0 Å². The van der Waals surface area contributed by atoms with E-state index in [0.717, 1.165) is 27.4 Å². The first-order chi connectivity index (χ1) is 19.8. The summed E-state index contributed by atoms with van der Waals surface area (Å²) >= 11 is 6.33. The summed E-state index contributed by atoms with van der Waals surface area (Å²) in [6.07, 6.45) is 8.35. The number of ether oxygens (including phenoxy) is 1. The van der Waals surface area contributed by atoms with Gasteiger partial charge in [0.1, 0.15) is 12.1 Å². The van der Waals surface area contributed by atoms with E-state index in [1.807, 2.05) is 43.7 Å². The van der Waals surface area contributed by atoms with Crippen LogP contribution in [-0.4, -0.2) is 71.0 Å². The third-order valence-electron chi connectivity index (χ3n) is 6.79. The van der Waals surface area contributed by atoms with Crippen molar-refractivity contribution in [3.63, 3.8) is 0 Å². The number of amides is 2. The molecule has 1 aromatic carbocycles. The van der Waals surface area contributed by atoms with Crippen LogP contribution in [-0.2, 0) is 13.1 Å². The molecule has 2 N–H and O–H groups in total. The molecule has 2 amide bonds. The number of halogens is 1. The maximum Gasteiger partial charge on any atom is 0.328 e. The molecule has 0 bridgehead atoms. The molecule has 0 unspecified atom stereocenters. The molecule has 0 saturated carbocycles. The zero-order valence-electron chi connectivity index (χ0n) is 23.0. The fourth-order valence-corrected chi connectivity index (χ4v) is 5.02. The summed E-state index contributed by atoms with van der Waals surface area (Å²) < 4.78 is 8.80. The Morgan fingerprint density at radius 3 is 2.76 bits per heavy atom. The van der Waals surface area contributed by atoms with Crippen LogP contribution in [0.4, 0.5) is 16.4 Å². The number of fused-ring (bicyclic) bond motifs is 3. The average Bonchev–Trinajstić information content (AvgIpc) is 3.69. The number of carbonyl (C=O) groups excluding carboxylic acids is 1. The average molecular weight is 574 g/mol. The highest BCUT2D eigenvalue weighted by Crippen LogP contribution is 2.32. The van der Waals surface area contributed by atoms with E-state index in [1.54, 1.807) is 42.9 Å². The molecular formula is C27H28ClN11O2. The Bertz CT molecular complexity index is 1810. The van der Waals surface area contributed by atoms with Gasteiger partial charge < -0.3 is 10.1 Å². The number of pyridine rings is 1. The Labute approximate surface area is 240 Å². The zero-order chi connectivity index (χ0) is 28.7. The summed E-state index contributed by atoms with van der Waals surface area (Å²) in [6, 6.07) is 5.30. The number of nitrogens with zero attached hydrogens (tertiary/aromatic N) is 9. The van der Waals surface area contributed by atoms with Gasteiger partial charge in [0, 0.05) is 30.1 Å². The highest BCUT2D eigenvalue weighted by Gasteiger charge is 2.29. The van der Waals surface area contributed by atoms with Gasteiger partial charge in [-0.1, -0.05) is 17.7 Å². The number of aryl methyl sites for hydroxylation is 1. The number of nitrogens with one attached hydrogen (secondary N) is 2. The Morgan fingerprint density at radius 2 is 2.02 bits per heavy atom. The van der Waals surface area contributed by atoms with E-state index in [9.17, 15) is 4.79 Å². The van der Waals surface area contributed by atoms with Gasteiger partial charge >= 0.3 is 6.03 Å². The number of rotatable bonds is 7. The van der Waals surface area contributed by atoms with Crippen molar-refractivity contribution in [2.45, 2.75) is 39.4 Å². The van der Waals surface area contributed by atoms with Crippen LogP contribution in [0.3, 0.4) is 0 Å². The van der Waals surface area contributed by atoms with Gasteiger partial charge in [-0.3, -0.25) is 19.8 Å². The third-order valence-corrected chi connectivity index (χ3v) is 7.09. The topological polar surface area (TPSA) is 140 Å². The fraction of sp³-hybridized carbons (Fsp3) is 0.296. The number of methoxy groups -OCH3 is 1. The maximum absolute atomic E-state index is 12.7. The molecule has 5 aromatic rings. The van der Waals surface area contributed by atoms with Gasteiger partial charge in [0.25, 0.3) is 0 Å². The monoisotopic (exact) mass is 573 g/mol. The van der Waals surface area contributed by atoms with E-state index in [0.29, 0.717) is 47.9 Å². The van der Waals surface area contributed by atoms with Crippen molar-refractivity contribution < 1.29 is 9.53 Å². The first-order valence-corrected chi connectivity index (χ1v) is 13.4. The molecule has 0 atom stereocenters. The van der Waals surface area contributed by atoms with Crippen LogP contribution in [0.15, 0.2) is 48.1 Å². The number of hydrogen-bond donors (Lipinski definition) is 2. The van der Waals surface area contributed by atoms with Crippen molar-refractivity contribution >= 4 is 57.4 Å². The van der Waals surface area contributed by atoms with Gasteiger partial charge in [-0.25, -0.2) is 19.4 Å². The lowest BCUT2D eigenvalue weighted by Crippen LogP contribution is -2.36. The van der Waals surface area contributed by atoms with E-state index in [4.69, 9.17) is 16.3 Å². The highest BCUT2D eigenvalue weighted by molar-refractivity contribution is 6.32. The summed E-state index contributed by atoms with van der Waals surface area (Å²) in [6.45, 7) is 7.56. The summed E-state index contributed by atoms with van der Waals surface area (Å²) in [5.41, 5.74) is 1.37. The number of anilines is 2. The van der Waals surface area contributed by atoms with Gasteiger partial charge in [-0.15, -0.1) is 10.2 Å². The van der Waals surface area contributed by atoms with Crippen LogP contribution in [0.5, 0.6) is 5.75 Å². The SMILES string of the molecule is CCn1ncc2c3c(NCc4ccc(OC)c(Cl)c4)nnc(-n4cnc(NC(=O)N5C=NC(C)(C)C5)c4)c3cnc21. The Kier molecular flexibility index (Phi) is 6.66. The molecule has 0 aliphatic carbocycles. The van der Waals surface area contributed by atoms with Crippen molar-refractivity contribution in [1.29, 1.82) is 0 Å². The minimum Gasteiger partial charge on any atom is -0.495 e. The van der Waals surface area contributed by atoms with Gasteiger partial charge in [0.15, 0.2) is 23.1 Å². The number of urea groups is 1. The molecule has 13 nitrogen and oxygen atoms in total. The van der Waals surface area contributed by atoms with Crippen molar-refractivity contribution in [3.05, 3.63) is 53.7 Å². The van der Waals surface area contributed by atoms with Crippen LogP contribution in [0.25, 0.3) is 27.6 Å². The van der Waals surface area contributed by atoms with E-state index in [2.05, 4.69) is 40.9 Å². The van der Waals surface area contributed by atoms with E-state index < -0.39 is 0 Å². The number of benzene rings is 1. The molecule has 14 heteroatoms. The quantitative estimate of drug-likeness (QED) is 0.290. The van der Waals surface area contributed by atoms with Crippen LogP contribution in [0.2, 0.25) is 5.02 Å². The lowest BCUT2D eigenvalue weighted by molar-refractivity contribution is 0.232. The molecule has 1 aliphatic rings. The van der Waals surface area contributed by atoms with Crippen LogP contribution in [0.1, 0.15) is 26.3 Å². The molecule has 6 rings (SSSR count). The Balaban J connectivity index is 1.34. The Morgan fingerprint density at radius 1 is 1.17 bits per heavy atom. The minimum absolute atomic E-state index is 0.311. The largest absolute Gasteiger partial charge is 0.495 e. The summed E-state index contributed by atoms with van der Waals surface area (Å²) in [5.74, 6) is 2.06. The molecule has 0 radical (unpaired) electrons. The predicted octanol–water partition coefficient (Wildman–Crippen LogP) is 4.51. The van der Waals surface area contributed by atoms with Gasteiger partial charge in [0.2, 0.25) is 0 Å². The van der Waals surface area contributed by atoms with Crippen molar-refractivity contribution in [1.82, 2.24) is 39.4 Å². The molecule has 1 aliphatic heterocycles. The molecule has 41 heavy (non-hydrogen) atoms. The van der Waals surface area contributed by atoms with Crippen molar-refractivity contribution in [3.8, 4) is 11.6 Å². The standard InChI is InChI=1S/C27H28ClN11O2/c1-5-39-24-18(11-33-39)22-17(10-30-24)25(36-35-23(22)29-9-16-6-7-20(41-4)19(28)8-16)37-12-21(31-14-37)34-26(40)38-13-27(2,3)32-15-38/h6-8,10-12,14-15H,5,9,13H2,1-4H3,(H,29,35)(H,34,40). The number of aliphatic imine (C=N–C) groups is 1. The molecule has 4 aromatic heterocycles. The lowest BCUT2D eigenvalue weighted by atomic mass is 10.1. The highest BCUT2D eigenvalue weighted by atomic mass is 35.5. The molecule has 0 spiro atoms. The Hall–Kier alpha value is -4.78. The second-order valence-corrected chi connectivity index (χ2v) is 10.6. The van der Waals surface area contributed by atoms with E-state index in [1.165, 1.54) is 4.90 Å². The second kappa shape index (κ2) is 10.3. The van der Waals surface area contributed by atoms with Crippen LogP contribution < -0.4 is 15.4 Å². The van der Waals surface area contributed by atoms with Gasteiger partial charge in [-0.05, 0) is 38.5 Å². The molecular weight excluding hydrogens is 546 g/mol. The molecule has 210 valence electrons. The normalized spacial score (nSPS) is 14.2. The fourth-order valence-electron chi connectivity index (χ4n) is 4.74. The first kappa shape index (κ1) is 26.4. The molecule has 0 fully saturated rings. The summed E-state index contributed by atoms with van der Waals surface area (Å²) in [7, 11) is 1.58. The van der Waals surface area contributed by atoms with Gasteiger partial charge in [-0.2, -0.15) is 5.10 Å². The number of imidazole rings is 1. The third kappa shape index (κ3) is 4.99. The van der Waals surface area contributed by atoms with Gasteiger partial charge in [0.05, 0.1) is 48.3 Å². The lowest BCUT2D eigenvalue weighted by Gasteiger charge is -2.17. The van der Waals surface area contributed by atoms with Crippen molar-refractivity contribution in [2.24, 2.45) is 4.99 Å². The second-order valence-electron chi connectivity index (χ2n) is 10.2. The number of carbonyl (C=O) groups is 1.